The molecule has 2 N–H and O–H groups in total. The van der Waals surface area contributed by atoms with Crippen LogP contribution >= 0.6 is 11.6 Å². The van der Waals surface area contributed by atoms with E-state index >= 15 is 0 Å². The van der Waals surface area contributed by atoms with Crippen LogP contribution in [0.5, 0.6) is 11.5 Å². The average Bonchev–Trinajstić information content (AvgIpc) is 3.24. The number of pyridine rings is 1. The van der Waals surface area contributed by atoms with Crippen molar-refractivity contribution < 1.29 is 23.4 Å². The maximum Gasteiger partial charge on any atom is 0.387 e. The van der Waals surface area contributed by atoms with E-state index in [1.54, 1.807) is 31.2 Å². The van der Waals surface area contributed by atoms with Crippen molar-refractivity contribution in [1.82, 2.24) is 10.3 Å². The molecular formula is C25H24ClF2N3O3. The summed E-state index contributed by atoms with van der Waals surface area (Å²) in [6, 6.07) is 13.3. The van der Waals surface area contributed by atoms with Crippen LogP contribution in [0.1, 0.15) is 18.9 Å². The van der Waals surface area contributed by atoms with E-state index in [1.165, 1.54) is 19.1 Å². The van der Waals surface area contributed by atoms with E-state index in [-0.39, 0.29) is 23.4 Å². The molecule has 4 rings (SSSR count). The fourth-order valence-electron chi connectivity index (χ4n) is 4.06. The van der Waals surface area contributed by atoms with Gasteiger partial charge in [-0.25, -0.2) is 4.98 Å². The molecule has 0 spiro atoms. The first kappa shape index (κ1) is 23.8. The smallest absolute Gasteiger partial charge is 0.387 e. The number of aromatic nitrogens is 1. The van der Waals surface area contributed by atoms with Gasteiger partial charge in [-0.05, 0) is 66.4 Å². The van der Waals surface area contributed by atoms with Gasteiger partial charge in [0.15, 0.2) is 0 Å². The van der Waals surface area contributed by atoms with E-state index in [1.807, 2.05) is 12.1 Å². The van der Waals surface area contributed by atoms with Gasteiger partial charge >= 0.3 is 6.61 Å². The van der Waals surface area contributed by atoms with Crippen LogP contribution in [0.25, 0.3) is 22.4 Å². The molecule has 2 heterocycles. The van der Waals surface area contributed by atoms with Crippen LogP contribution in [0.4, 0.5) is 14.6 Å². The van der Waals surface area contributed by atoms with Gasteiger partial charge in [-0.3, -0.25) is 4.79 Å². The number of rotatable bonds is 6. The highest BCUT2D eigenvalue weighted by molar-refractivity contribution is 6.31. The number of nitrogens with zero attached hydrogens (tertiary/aromatic N) is 2. The van der Waals surface area contributed by atoms with Gasteiger partial charge in [-0.2, -0.15) is 8.78 Å². The van der Waals surface area contributed by atoms with E-state index in [9.17, 15) is 18.7 Å². The Morgan fingerprint density at radius 1 is 1.21 bits per heavy atom. The predicted molar refractivity (Wildman–Crippen MR) is 128 cm³/mol. The number of carbonyl (C=O) groups is 1. The van der Waals surface area contributed by atoms with Gasteiger partial charge in [0, 0.05) is 36.6 Å². The number of aromatic hydroxyl groups is 1. The van der Waals surface area contributed by atoms with Crippen molar-refractivity contribution in [1.29, 1.82) is 0 Å². The van der Waals surface area contributed by atoms with Crippen LogP contribution in [0.3, 0.4) is 0 Å². The summed E-state index contributed by atoms with van der Waals surface area (Å²) in [6.07, 6.45) is 0.780. The number of halogens is 3. The quantitative estimate of drug-likeness (QED) is 0.487. The van der Waals surface area contributed by atoms with Gasteiger partial charge in [0.25, 0.3) is 0 Å². The third-order valence-corrected chi connectivity index (χ3v) is 6.10. The highest BCUT2D eigenvalue weighted by Crippen LogP contribution is 2.37. The largest absolute Gasteiger partial charge is 0.507 e. The van der Waals surface area contributed by atoms with Crippen LogP contribution in [-0.2, 0) is 4.79 Å². The van der Waals surface area contributed by atoms with Gasteiger partial charge in [-0.1, -0.05) is 23.7 Å². The summed E-state index contributed by atoms with van der Waals surface area (Å²) in [5, 5.41) is 14.0. The molecule has 6 nitrogen and oxygen atoms in total. The van der Waals surface area contributed by atoms with Crippen LogP contribution in [-0.4, -0.2) is 41.7 Å². The number of aryl methyl sites for hydroxylation is 1. The Bertz CT molecular complexity index is 1200. The average molecular weight is 488 g/mol. The van der Waals surface area contributed by atoms with Crippen molar-refractivity contribution >= 4 is 23.3 Å². The number of alkyl halides is 2. The molecule has 1 saturated heterocycles. The van der Waals surface area contributed by atoms with Crippen LogP contribution in [0.15, 0.2) is 48.5 Å². The standard InChI is InChI=1S/C25H24ClF2N3O3/c1-14-9-23(33)20(12-21(14)26)22-10-17(16-3-5-19(6-4-16)34-25(27)28)11-24(30-22)31-8-7-18(13-31)29-15(2)32/h3-6,9-12,18,25,33H,7-8,13H2,1-2H3,(H,29,32). The predicted octanol–water partition coefficient (Wildman–Crippen LogP) is 5.40. The zero-order valence-electron chi connectivity index (χ0n) is 18.7. The fourth-order valence-corrected chi connectivity index (χ4v) is 4.22. The highest BCUT2D eigenvalue weighted by Gasteiger charge is 2.25. The van der Waals surface area contributed by atoms with Crippen molar-refractivity contribution in [2.75, 3.05) is 18.0 Å². The molecule has 3 aromatic rings. The van der Waals surface area contributed by atoms with Gasteiger partial charge < -0.3 is 20.1 Å². The summed E-state index contributed by atoms with van der Waals surface area (Å²) >= 11 is 6.32. The first-order valence-electron chi connectivity index (χ1n) is 10.8. The maximum absolute atomic E-state index is 12.5. The number of amides is 1. The first-order chi connectivity index (χ1) is 16.2. The molecule has 0 saturated carbocycles. The van der Waals surface area contributed by atoms with Crippen molar-refractivity contribution in [3.05, 3.63) is 59.1 Å². The van der Waals surface area contributed by atoms with Crippen molar-refractivity contribution in [2.24, 2.45) is 0 Å². The van der Waals surface area contributed by atoms with E-state index in [4.69, 9.17) is 16.6 Å². The third kappa shape index (κ3) is 5.39. The molecule has 9 heteroatoms. The summed E-state index contributed by atoms with van der Waals surface area (Å²) < 4.78 is 29.5. The van der Waals surface area contributed by atoms with Gasteiger partial charge in [0.1, 0.15) is 17.3 Å². The molecule has 1 unspecified atom stereocenters. The van der Waals surface area contributed by atoms with Crippen molar-refractivity contribution in [2.45, 2.75) is 32.9 Å². The monoisotopic (exact) mass is 487 g/mol. The Hall–Kier alpha value is -3.39. The molecule has 1 aliphatic heterocycles. The second-order valence-corrected chi connectivity index (χ2v) is 8.66. The summed E-state index contributed by atoms with van der Waals surface area (Å²) in [4.78, 5) is 18.3. The van der Waals surface area contributed by atoms with Crippen molar-refractivity contribution in [3.63, 3.8) is 0 Å². The number of phenols is 1. The second kappa shape index (κ2) is 9.85. The summed E-state index contributed by atoms with van der Waals surface area (Å²) in [5.41, 5.74) is 3.29. The minimum atomic E-state index is -2.90. The lowest BCUT2D eigenvalue weighted by molar-refractivity contribution is -0.119. The molecule has 2 aromatic carbocycles. The highest BCUT2D eigenvalue weighted by atomic mass is 35.5. The van der Waals surface area contributed by atoms with Gasteiger partial charge in [0.2, 0.25) is 5.91 Å². The molecule has 34 heavy (non-hydrogen) atoms. The molecule has 0 bridgehead atoms. The Morgan fingerprint density at radius 3 is 2.62 bits per heavy atom. The molecule has 0 aliphatic carbocycles. The molecule has 178 valence electrons. The third-order valence-electron chi connectivity index (χ3n) is 5.70. The first-order valence-corrected chi connectivity index (χ1v) is 11.2. The number of carbonyl (C=O) groups excluding carboxylic acids is 1. The molecule has 0 radical (unpaired) electrons. The molecular weight excluding hydrogens is 464 g/mol. The maximum atomic E-state index is 12.5. The van der Waals surface area contributed by atoms with Crippen LogP contribution < -0.4 is 15.0 Å². The zero-order valence-corrected chi connectivity index (χ0v) is 19.4. The Morgan fingerprint density at radius 2 is 1.94 bits per heavy atom. The minimum Gasteiger partial charge on any atom is -0.507 e. The molecule has 1 atom stereocenters. The number of ether oxygens (including phenoxy) is 1. The van der Waals surface area contributed by atoms with E-state index < -0.39 is 6.61 Å². The number of phenolic OH excluding ortho intramolecular Hbond substituents is 1. The molecule has 1 amide bonds. The second-order valence-electron chi connectivity index (χ2n) is 8.25. The summed E-state index contributed by atoms with van der Waals surface area (Å²) in [7, 11) is 0. The number of benzene rings is 2. The summed E-state index contributed by atoms with van der Waals surface area (Å²) in [6.45, 7) is 1.69. The Labute approximate surface area is 201 Å². The normalized spacial score (nSPS) is 15.6. The number of anilines is 1. The lowest BCUT2D eigenvalue weighted by atomic mass is 10.0. The lowest BCUT2D eigenvalue weighted by Gasteiger charge is -2.20. The van der Waals surface area contributed by atoms with Gasteiger partial charge in [-0.15, -0.1) is 0 Å². The number of nitrogens with one attached hydrogen (secondary N) is 1. The lowest BCUT2D eigenvalue weighted by Crippen LogP contribution is -2.35. The zero-order chi connectivity index (χ0) is 24.4. The SMILES string of the molecule is CC(=O)NC1CCN(c2cc(-c3ccc(OC(F)F)cc3)cc(-c3cc(Cl)c(C)cc3O)n2)C1. The van der Waals surface area contributed by atoms with Crippen LogP contribution in [0.2, 0.25) is 5.02 Å². The molecule has 1 aromatic heterocycles. The summed E-state index contributed by atoms with van der Waals surface area (Å²) in [5.74, 6) is 0.702. The minimum absolute atomic E-state index is 0.0133. The topological polar surface area (TPSA) is 74.7 Å². The van der Waals surface area contributed by atoms with E-state index in [2.05, 4.69) is 15.0 Å². The van der Waals surface area contributed by atoms with E-state index in [0.717, 1.165) is 23.1 Å². The fraction of sp³-hybridized carbons (Fsp3) is 0.280. The van der Waals surface area contributed by atoms with Gasteiger partial charge in [0.05, 0.1) is 5.69 Å². The van der Waals surface area contributed by atoms with Crippen LogP contribution in [0, 0.1) is 6.92 Å². The number of hydrogen-bond donors (Lipinski definition) is 2. The van der Waals surface area contributed by atoms with E-state index in [0.29, 0.717) is 35.2 Å². The van der Waals surface area contributed by atoms with Crippen molar-refractivity contribution in [3.8, 4) is 33.9 Å². The number of hydrogen-bond acceptors (Lipinski definition) is 5. The Kier molecular flexibility index (Phi) is 6.88. The molecule has 1 aliphatic rings. The Balaban J connectivity index is 1.75. The molecule has 1 fully saturated rings.